The molecule has 0 radical (unpaired) electrons. The molecule has 96 valence electrons. The Hall–Kier alpha value is -1.48. The second-order valence-electron chi connectivity index (χ2n) is 4.42. The Balaban J connectivity index is 1.89. The summed E-state index contributed by atoms with van der Waals surface area (Å²) in [5.41, 5.74) is 1.63. The molecule has 1 aliphatic carbocycles. The van der Waals surface area contributed by atoms with Crippen molar-refractivity contribution in [1.29, 1.82) is 0 Å². The molecule has 3 nitrogen and oxygen atoms in total. The van der Waals surface area contributed by atoms with Crippen LogP contribution in [-0.4, -0.2) is 17.6 Å². The van der Waals surface area contributed by atoms with Gasteiger partial charge in [0, 0.05) is 11.6 Å². The van der Waals surface area contributed by atoms with Crippen LogP contribution in [0, 0.1) is 0 Å². The zero-order valence-electron chi connectivity index (χ0n) is 10.1. The van der Waals surface area contributed by atoms with Gasteiger partial charge in [0.05, 0.1) is 5.56 Å². The molecule has 0 aliphatic heterocycles. The maximum atomic E-state index is 11.8. The highest BCUT2D eigenvalue weighted by Gasteiger charge is 2.11. The van der Waals surface area contributed by atoms with E-state index in [9.17, 15) is 9.90 Å². The van der Waals surface area contributed by atoms with Gasteiger partial charge in [-0.2, -0.15) is 0 Å². The van der Waals surface area contributed by atoms with Crippen LogP contribution in [0.4, 0.5) is 0 Å². The normalized spacial score (nSPS) is 14.4. The molecule has 18 heavy (non-hydrogen) atoms. The molecule has 2 N–H and O–H groups in total. The minimum atomic E-state index is -0.284. The highest BCUT2D eigenvalue weighted by molar-refractivity contribution is 6.31. The van der Waals surface area contributed by atoms with Gasteiger partial charge in [0.1, 0.15) is 5.75 Å². The van der Waals surface area contributed by atoms with Gasteiger partial charge >= 0.3 is 0 Å². The molecule has 2 rings (SSSR count). The number of hydrogen-bond donors (Lipinski definition) is 2. The van der Waals surface area contributed by atoms with Gasteiger partial charge in [0.25, 0.3) is 5.91 Å². The largest absolute Gasteiger partial charge is 0.507 e. The third kappa shape index (κ3) is 3.26. The minimum absolute atomic E-state index is 0.0445. The van der Waals surface area contributed by atoms with Gasteiger partial charge in [-0.15, -0.1) is 0 Å². The Labute approximate surface area is 111 Å². The Morgan fingerprint density at radius 2 is 2.28 bits per heavy atom. The number of rotatable bonds is 4. The molecule has 0 aromatic heterocycles. The van der Waals surface area contributed by atoms with E-state index in [0.29, 0.717) is 11.6 Å². The number of carbonyl (C=O) groups excluding carboxylic acids is 1. The van der Waals surface area contributed by atoms with Crippen molar-refractivity contribution in [2.24, 2.45) is 0 Å². The van der Waals surface area contributed by atoms with Gasteiger partial charge in [0.2, 0.25) is 0 Å². The first-order valence-electron chi connectivity index (χ1n) is 6.11. The van der Waals surface area contributed by atoms with E-state index in [2.05, 4.69) is 11.4 Å². The first-order chi connectivity index (χ1) is 8.66. The van der Waals surface area contributed by atoms with Crippen LogP contribution in [0.1, 0.15) is 36.0 Å². The number of aromatic hydroxyl groups is 1. The first kappa shape index (κ1) is 13.0. The van der Waals surface area contributed by atoms with Crippen LogP contribution < -0.4 is 5.32 Å². The minimum Gasteiger partial charge on any atom is -0.507 e. The fourth-order valence-corrected chi connectivity index (χ4v) is 2.26. The predicted octanol–water partition coefficient (Wildman–Crippen LogP) is 3.28. The molecule has 0 fully saturated rings. The molecule has 0 spiro atoms. The van der Waals surface area contributed by atoms with Gasteiger partial charge in [0.15, 0.2) is 0 Å². The van der Waals surface area contributed by atoms with Crippen LogP contribution in [0.25, 0.3) is 0 Å². The van der Waals surface area contributed by atoms with E-state index in [1.54, 1.807) is 6.07 Å². The summed E-state index contributed by atoms with van der Waals surface area (Å²) >= 11 is 5.80. The van der Waals surface area contributed by atoms with Gasteiger partial charge in [-0.1, -0.05) is 23.3 Å². The lowest BCUT2D eigenvalue weighted by atomic mass is 10.1. The number of phenols is 1. The van der Waals surface area contributed by atoms with E-state index in [1.807, 2.05) is 0 Å². The molecule has 1 amide bonds. The van der Waals surface area contributed by atoms with Crippen molar-refractivity contribution in [2.75, 3.05) is 6.54 Å². The predicted molar refractivity (Wildman–Crippen MR) is 72.0 cm³/mol. The molecule has 0 unspecified atom stereocenters. The molecular formula is C14H16ClNO2. The number of nitrogens with one attached hydrogen (secondary N) is 1. The zero-order valence-corrected chi connectivity index (χ0v) is 10.8. The summed E-state index contributed by atoms with van der Waals surface area (Å²) in [6.45, 7) is 0.594. The van der Waals surface area contributed by atoms with Crippen molar-refractivity contribution in [2.45, 2.75) is 25.7 Å². The van der Waals surface area contributed by atoms with Crippen molar-refractivity contribution < 1.29 is 9.90 Å². The summed E-state index contributed by atoms with van der Waals surface area (Å²) in [6.07, 6.45) is 6.63. The summed E-state index contributed by atoms with van der Waals surface area (Å²) in [5, 5.41) is 12.8. The monoisotopic (exact) mass is 265 g/mol. The lowest BCUT2D eigenvalue weighted by molar-refractivity contribution is 0.0951. The van der Waals surface area contributed by atoms with Crippen molar-refractivity contribution in [3.05, 3.63) is 40.4 Å². The van der Waals surface area contributed by atoms with Crippen molar-refractivity contribution in [3.8, 4) is 5.75 Å². The smallest absolute Gasteiger partial charge is 0.255 e. The fourth-order valence-electron chi connectivity index (χ4n) is 2.09. The number of benzene rings is 1. The number of allylic oxidation sites excluding steroid dienone is 1. The summed E-state index contributed by atoms with van der Waals surface area (Å²) in [6, 6.07) is 4.45. The third-order valence-corrected chi connectivity index (χ3v) is 3.31. The topological polar surface area (TPSA) is 49.3 Å². The quantitative estimate of drug-likeness (QED) is 0.821. The average Bonchev–Trinajstić information content (AvgIpc) is 2.85. The maximum Gasteiger partial charge on any atom is 0.255 e. The number of amides is 1. The van der Waals surface area contributed by atoms with Gasteiger partial charge < -0.3 is 10.4 Å². The van der Waals surface area contributed by atoms with Crippen molar-refractivity contribution in [1.82, 2.24) is 5.32 Å². The van der Waals surface area contributed by atoms with Crippen LogP contribution >= 0.6 is 11.6 Å². The van der Waals surface area contributed by atoms with Crippen molar-refractivity contribution >= 4 is 17.5 Å². The fraction of sp³-hybridized carbons (Fsp3) is 0.357. The van der Waals surface area contributed by atoms with E-state index in [4.69, 9.17) is 11.6 Å². The highest BCUT2D eigenvalue weighted by Crippen LogP contribution is 2.22. The van der Waals surface area contributed by atoms with Crippen LogP contribution in [-0.2, 0) is 0 Å². The van der Waals surface area contributed by atoms with E-state index in [0.717, 1.165) is 19.3 Å². The van der Waals surface area contributed by atoms with E-state index < -0.39 is 0 Å². The molecule has 1 aliphatic rings. The lowest BCUT2D eigenvalue weighted by Gasteiger charge is -2.07. The van der Waals surface area contributed by atoms with E-state index >= 15 is 0 Å². The molecule has 1 aromatic rings. The van der Waals surface area contributed by atoms with Crippen LogP contribution in [0.3, 0.4) is 0 Å². The maximum absolute atomic E-state index is 11.8. The Kier molecular flexibility index (Phi) is 4.26. The number of hydrogen-bond acceptors (Lipinski definition) is 2. The van der Waals surface area contributed by atoms with Crippen LogP contribution in [0.15, 0.2) is 29.8 Å². The van der Waals surface area contributed by atoms with Crippen LogP contribution in [0.2, 0.25) is 5.02 Å². The third-order valence-electron chi connectivity index (χ3n) is 3.07. The second kappa shape index (κ2) is 5.91. The molecule has 0 atom stereocenters. The highest BCUT2D eigenvalue weighted by atomic mass is 35.5. The summed E-state index contributed by atoms with van der Waals surface area (Å²) < 4.78 is 0. The molecule has 4 heteroatoms. The number of phenolic OH excluding ortho intramolecular Hbond substituents is 1. The summed E-state index contributed by atoms with van der Waals surface area (Å²) in [7, 11) is 0. The second-order valence-corrected chi connectivity index (χ2v) is 4.86. The number of carbonyl (C=O) groups is 1. The first-order valence-corrected chi connectivity index (χ1v) is 6.49. The van der Waals surface area contributed by atoms with Crippen LogP contribution in [0.5, 0.6) is 5.75 Å². The van der Waals surface area contributed by atoms with Gasteiger partial charge in [-0.3, -0.25) is 4.79 Å². The zero-order chi connectivity index (χ0) is 13.0. The molecule has 0 saturated heterocycles. The summed E-state index contributed by atoms with van der Waals surface area (Å²) in [5.74, 6) is -0.328. The SMILES string of the molecule is O=C(NCCC1=CCCC1)c1cc(Cl)ccc1O. The van der Waals surface area contributed by atoms with Gasteiger partial charge in [-0.05, 0) is 43.9 Å². The van der Waals surface area contributed by atoms with Gasteiger partial charge in [-0.25, -0.2) is 0 Å². The Bertz CT molecular complexity index is 483. The lowest BCUT2D eigenvalue weighted by Crippen LogP contribution is -2.24. The molecular weight excluding hydrogens is 250 g/mol. The molecule has 0 bridgehead atoms. The number of halogens is 1. The Morgan fingerprint density at radius 3 is 3.00 bits per heavy atom. The van der Waals surface area contributed by atoms with Crippen molar-refractivity contribution in [3.63, 3.8) is 0 Å². The molecule has 0 heterocycles. The Morgan fingerprint density at radius 1 is 1.44 bits per heavy atom. The van der Waals surface area contributed by atoms with E-state index in [1.165, 1.54) is 24.1 Å². The molecule has 0 saturated carbocycles. The summed E-state index contributed by atoms with van der Waals surface area (Å²) in [4.78, 5) is 11.8. The average molecular weight is 266 g/mol. The van der Waals surface area contributed by atoms with E-state index in [-0.39, 0.29) is 17.2 Å². The standard InChI is InChI=1S/C14H16ClNO2/c15-11-5-6-13(17)12(9-11)14(18)16-8-7-10-3-1-2-4-10/h3,5-6,9,17H,1-2,4,7-8H2,(H,16,18). The molecule has 1 aromatic carbocycles.